The number of nitrogens with one attached hydrogen (secondary N) is 2. The van der Waals surface area contributed by atoms with Gasteiger partial charge in [-0.2, -0.15) is 0 Å². The van der Waals surface area contributed by atoms with Gasteiger partial charge in [-0.1, -0.05) is 6.92 Å². The van der Waals surface area contributed by atoms with Gasteiger partial charge in [0.2, 0.25) is 5.82 Å². The van der Waals surface area contributed by atoms with Gasteiger partial charge in [0.1, 0.15) is 5.82 Å². The highest BCUT2D eigenvalue weighted by molar-refractivity contribution is 7.92. The molecule has 0 radical (unpaired) electrons. The summed E-state index contributed by atoms with van der Waals surface area (Å²) in [5.74, 6) is 0.207. The first kappa shape index (κ1) is 15.6. The van der Waals surface area contributed by atoms with Crippen molar-refractivity contribution in [3.05, 3.63) is 11.6 Å². The van der Waals surface area contributed by atoms with Crippen LogP contribution in [-0.2, 0) is 16.3 Å². The molecule has 8 heteroatoms. The van der Waals surface area contributed by atoms with E-state index in [1.807, 2.05) is 6.92 Å². The maximum Gasteiger partial charge on any atom is 0.291 e. The number of carbonyl (C=O) groups is 1. The number of hydrogen-bond donors (Lipinski definition) is 2. The van der Waals surface area contributed by atoms with Crippen molar-refractivity contribution in [2.24, 2.45) is 0 Å². The lowest BCUT2D eigenvalue weighted by Crippen LogP contribution is -2.44. The fourth-order valence-electron chi connectivity index (χ4n) is 1.25. The van der Waals surface area contributed by atoms with Crippen LogP contribution in [0.5, 0.6) is 0 Å². The monoisotopic (exact) mass is 288 g/mol. The van der Waals surface area contributed by atoms with Crippen LogP contribution in [0.1, 0.15) is 43.6 Å². The van der Waals surface area contributed by atoms with Crippen LogP contribution in [0.15, 0.2) is 0 Å². The summed E-state index contributed by atoms with van der Waals surface area (Å²) in [6, 6.07) is 0. The summed E-state index contributed by atoms with van der Waals surface area (Å²) in [6.07, 6.45) is 2.76. The second kappa shape index (κ2) is 5.68. The fourth-order valence-corrected chi connectivity index (χ4v) is 1.58. The molecule has 0 saturated heterocycles. The zero-order chi connectivity index (χ0) is 14.7. The highest BCUT2D eigenvalue weighted by Gasteiger charge is 2.31. The average molecular weight is 288 g/mol. The lowest BCUT2D eigenvalue weighted by atomic mass is 10.2. The molecule has 0 aliphatic rings. The van der Waals surface area contributed by atoms with Crippen molar-refractivity contribution >= 4 is 15.7 Å². The molecule has 108 valence electrons. The van der Waals surface area contributed by atoms with Crippen LogP contribution < -0.4 is 5.32 Å². The van der Waals surface area contributed by atoms with E-state index in [2.05, 4.69) is 20.5 Å². The highest BCUT2D eigenvalue weighted by Crippen LogP contribution is 2.13. The van der Waals surface area contributed by atoms with Gasteiger partial charge in [-0.3, -0.25) is 9.89 Å². The number of H-pyrrole nitrogens is 1. The number of rotatable bonds is 6. The third-order valence-electron chi connectivity index (χ3n) is 2.90. The maximum absolute atomic E-state index is 11.8. The van der Waals surface area contributed by atoms with E-state index in [9.17, 15) is 13.2 Å². The Morgan fingerprint density at radius 2 is 2.05 bits per heavy atom. The molecule has 0 aliphatic carbocycles. The fraction of sp³-hybridized carbons (Fsp3) is 0.727. The molecule has 1 aromatic heterocycles. The Bertz CT molecular complexity index is 548. The van der Waals surface area contributed by atoms with Crippen molar-refractivity contribution in [1.29, 1.82) is 0 Å². The number of nitrogens with zero attached hydrogens (tertiary/aromatic N) is 2. The van der Waals surface area contributed by atoms with E-state index in [0.29, 0.717) is 5.82 Å². The molecular formula is C11H20N4O3S. The molecule has 0 bridgehead atoms. The van der Waals surface area contributed by atoms with Crippen LogP contribution >= 0.6 is 0 Å². The first-order valence-corrected chi connectivity index (χ1v) is 7.95. The van der Waals surface area contributed by atoms with Gasteiger partial charge in [0.05, 0.1) is 4.75 Å². The zero-order valence-corrected chi connectivity index (χ0v) is 12.5. The summed E-state index contributed by atoms with van der Waals surface area (Å²) >= 11 is 0. The van der Waals surface area contributed by atoms with Crippen molar-refractivity contribution in [3.8, 4) is 0 Å². The van der Waals surface area contributed by atoms with E-state index in [1.165, 1.54) is 0 Å². The Morgan fingerprint density at radius 3 is 2.58 bits per heavy atom. The number of sulfone groups is 1. The summed E-state index contributed by atoms with van der Waals surface area (Å²) in [5.41, 5.74) is 0. The number of aryl methyl sites for hydroxylation is 1. The number of hydrogen-bond acceptors (Lipinski definition) is 5. The Kier molecular flexibility index (Phi) is 4.67. The Hall–Kier alpha value is -1.44. The normalized spacial score (nSPS) is 12.4. The second-order valence-electron chi connectivity index (χ2n) is 5.07. The van der Waals surface area contributed by atoms with E-state index in [1.54, 1.807) is 13.8 Å². The largest absolute Gasteiger partial charge is 0.348 e. The van der Waals surface area contributed by atoms with Crippen LogP contribution in [0, 0.1) is 0 Å². The Morgan fingerprint density at radius 1 is 1.42 bits per heavy atom. The van der Waals surface area contributed by atoms with Crippen molar-refractivity contribution in [1.82, 2.24) is 20.5 Å². The predicted molar refractivity (Wildman–Crippen MR) is 71.6 cm³/mol. The minimum atomic E-state index is -3.25. The van der Waals surface area contributed by atoms with Gasteiger partial charge < -0.3 is 5.32 Å². The Balaban J connectivity index is 2.65. The van der Waals surface area contributed by atoms with Crippen molar-refractivity contribution in [2.45, 2.75) is 38.4 Å². The van der Waals surface area contributed by atoms with Crippen LogP contribution in [0.25, 0.3) is 0 Å². The first-order chi connectivity index (χ1) is 8.67. The van der Waals surface area contributed by atoms with E-state index < -0.39 is 20.5 Å². The maximum atomic E-state index is 11.8. The molecule has 19 heavy (non-hydrogen) atoms. The molecule has 0 aliphatic heterocycles. The van der Waals surface area contributed by atoms with E-state index in [-0.39, 0.29) is 12.4 Å². The SMILES string of the molecule is CCCc1nc(C(=O)NCC(C)(C)S(C)(=O)=O)n[nH]1. The molecule has 1 rings (SSSR count). The average Bonchev–Trinajstić information content (AvgIpc) is 2.73. The lowest BCUT2D eigenvalue weighted by molar-refractivity contribution is 0.0940. The van der Waals surface area contributed by atoms with Crippen molar-refractivity contribution in [3.63, 3.8) is 0 Å². The molecule has 0 aromatic carbocycles. The van der Waals surface area contributed by atoms with Gasteiger partial charge in [0.15, 0.2) is 9.84 Å². The molecule has 0 fully saturated rings. The number of aromatic amines is 1. The molecule has 1 aromatic rings. The van der Waals surface area contributed by atoms with Gasteiger partial charge in [0, 0.05) is 19.2 Å². The van der Waals surface area contributed by atoms with Gasteiger partial charge >= 0.3 is 0 Å². The molecule has 1 heterocycles. The summed E-state index contributed by atoms with van der Waals surface area (Å²) < 4.78 is 22.0. The van der Waals surface area contributed by atoms with Gasteiger partial charge in [-0.05, 0) is 20.3 Å². The van der Waals surface area contributed by atoms with Crippen LogP contribution in [0.3, 0.4) is 0 Å². The topological polar surface area (TPSA) is 105 Å². The summed E-state index contributed by atoms with van der Waals surface area (Å²) in [4.78, 5) is 15.8. The standard InChI is InChI=1S/C11H20N4O3S/c1-5-6-8-13-9(15-14-8)10(16)12-7-11(2,3)19(4,17)18/h5-7H2,1-4H3,(H,12,16)(H,13,14,15). The third kappa shape index (κ3) is 4.02. The predicted octanol–water partition coefficient (Wildman–Crippen LogP) is 0.310. The van der Waals surface area contributed by atoms with Crippen molar-refractivity contribution in [2.75, 3.05) is 12.8 Å². The van der Waals surface area contributed by atoms with Gasteiger partial charge in [-0.25, -0.2) is 13.4 Å². The van der Waals surface area contributed by atoms with Gasteiger partial charge in [-0.15, -0.1) is 5.10 Å². The minimum Gasteiger partial charge on any atom is -0.348 e. The Labute approximate surface area is 113 Å². The molecule has 0 saturated carbocycles. The first-order valence-electron chi connectivity index (χ1n) is 6.06. The van der Waals surface area contributed by atoms with E-state index in [4.69, 9.17) is 0 Å². The number of aromatic nitrogens is 3. The van der Waals surface area contributed by atoms with E-state index >= 15 is 0 Å². The summed E-state index contributed by atoms with van der Waals surface area (Å²) in [7, 11) is -3.25. The van der Waals surface area contributed by atoms with Crippen molar-refractivity contribution < 1.29 is 13.2 Å². The minimum absolute atomic E-state index is 0.0162. The third-order valence-corrected chi connectivity index (χ3v) is 5.05. The molecular weight excluding hydrogens is 268 g/mol. The van der Waals surface area contributed by atoms with Crippen LogP contribution in [0.4, 0.5) is 0 Å². The second-order valence-corrected chi connectivity index (χ2v) is 7.72. The van der Waals surface area contributed by atoms with Crippen LogP contribution in [0.2, 0.25) is 0 Å². The molecule has 0 spiro atoms. The molecule has 7 nitrogen and oxygen atoms in total. The lowest BCUT2D eigenvalue weighted by Gasteiger charge is -2.22. The smallest absolute Gasteiger partial charge is 0.291 e. The number of amides is 1. The quantitative estimate of drug-likeness (QED) is 0.784. The summed E-state index contributed by atoms with van der Waals surface area (Å²) in [5, 5.41) is 9.01. The van der Waals surface area contributed by atoms with E-state index in [0.717, 1.165) is 19.1 Å². The molecule has 2 N–H and O–H groups in total. The number of carbonyl (C=O) groups excluding carboxylic acids is 1. The molecule has 1 amide bonds. The molecule has 0 unspecified atom stereocenters. The summed E-state index contributed by atoms with van der Waals surface area (Å²) in [6.45, 7) is 5.13. The van der Waals surface area contributed by atoms with Gasteiger partial charge in [0.25, 0.3) is 5.91 Å². The van der Waals surface area contributed by atoms with Crippen LogP contribution in [-0.4, -0.2) is 47.1 Å². The zero-order valence-electron chi connectivity index (χ0n) is 11.6. The molecule has 0 atom stereocenters. The highest BCUT2D eigenvalue weighted by atomic mass is 32.2.